The van der Waals surface area contributed by atoms with Crippen molar-refractivity contribution in [2.75, 3.05) is 14.2 Å². The van der Waals surface area contributed by atoms with Crippen LogP contribution < -0.4 is 9.47 Å². The lowest BCUT2D eigenvalue weighted by Crippen LogP contribution is -2.28. The van der Waals surface area contributed by atoms with Gasteiger partial charge in [-0.25, -0.2) is 9.59 Å². The van der Waals surface area contributed by atoms with Crippen LogP contribution in [0.15, 0.2) is 18.2 Å². The van der Waals surface area contributed by atoms with E-state index in [4.69, 9.17) is 19.7 Å². The van der Waals surface area contributed by atoms with E-state index in [0.717, 1.165) is 6.08 Å². The minimum atomic E-state index is -1.79. The van der Waals surface area contributed by atoms with Crippen molar-refractivity contribution in [1.29, 1.82) is 0 Å². The monoisotopic (exact) mass is 340 g/mol. The minimum absolute atomic E-state index is 0.108. The topological polar surface area (TPSA) is 140 Å². The Morgan fingerprint density at radius 1 is 1.12 bits per heavy atom. The van der Waals surface area contributed by atoms with E-state index in [-0.39, 0.29) is 17.2 Å². The van der Waals surface area contributed by atoms with Crippen LogP contribution >= 0.6 is 0 Å². The van der Waals surface area contributed by atoms with Gasteiger partial charge in [-0.2, -0.15) is 0 Å². The number of hydrogen-bond donors (Lipinski definition) is 3. The number of aliphatic carboxylic acids is 2. The van der Waals surface area contributed by atoms with E-state index in [0.29, 0.717) is 5.56 Å². The Hall–Kier alpha value is -3.23. The first-order valence-electron chi connectivity index (χ1n) is 6.56. The molecule has 0 radical (unpaired) electrons. The molecule has 0 aliphatic carbocycles. The van der Waals surface area contributed by atoms with E-state index >= 15 is 0 Å². The second-order valence-electron chi connectivity index (χ2n) is 4.47. The molecule has 1 rings (SSSR count). The molecule has 0 amide bonds. The summed E-state index contributed by atoms with van der Waals surface area (Å²) in [5, 5.41) is 27.1. The van der Waals surface area contributed by atoms with E-state index in [1.165, 1.54) is 32.4 Å². The van der Waals surface area contributed by atoms with Crippen molar-refractivity contribution >= 4 is 24.0 Å². The smallest absolute Gasteiger partial charge is 0.345 e. The summed E-state index contributed by atoms with van der Waals surface area (Å²) in [6.07, 6.45) is -0.450. The predicted octanol–water partition coefficient (Wildman–Crippen LogP) is 0.894. The van der Waals surface area contributed by atoms with Gasteiger partial charge in [-0.3, -0.25) is 4.79 Å². The molecule has 0 aromatic heterocycles. The van der Waals surface area contributed by atoms with Gasteiger partial charge in [0.15, 0.2) is 11.5 Å². The van der Waals surface area contributed by atoms with Crippen molar-refractivity contribution in [3.8, 4) is 17.2 Å². The molecule has 0 fully saturated rings. The molecule has 1 aromatic carbocycles. The molecule has 0 spiro atoms. The van der Waals surface area contributed by atoms with Crippen LogP contribution in [0, 0.1) is 0 Å². The molecule has 0 bridgehead atoms. The largest absolute Gasteiger partial charge is 0.502 e. The van der Waals surface area contributed by atoms with Gasteiger partial charge in [0.25, 0.3) is 0 Å². The zero-order valence-electron chi connectivity index (χ0n) is 12.9. The van der Waals surface area contributed by atoms with Crippen molar-refractivity contribution in [2.45, 2.75) is 12.5 Å². The summed E-state index contributed by atoms with van der Waals surface area (Å²) in [5.74, 6) is -4.01. The third-order valence-electron chi connectivity index (χ3n) is 2.81. The second kappa shape index (κ2) is 8.42. The fourth-order valence-corrected chi connectivity index (χ4v) is 1.69. The molecule has 0 saturated carbocycles. The average molecular weight is 340 g/mol. The molecule has 0 aliphatic heterocycles. The van der Waals surface area contributed by atoms with Crippen molar-refractivity contribution < 1.29 is 43.9 Å². The van der Waals surface area contributed by atoms with Crippen molar-refractivity contribution in [3.63, 3.8) is 0 Å². The Morgan fingerprint density at radius 3 is 2.08 bits per heavy atom. The molecule has 24 heavy (non-hydrogen) atoms. The van der Waals surface area contributed by atoms with Gasteiger partial charge >= 0.3 is 17.9 Å². The van der Waals surface area contributed by atoms with Gasteiger partial charge in [-0.05, 0) is 23.8 Å². The van der Waals surface area contributed by atoms with Crippen LogP contribution in [0.25, 0.3) is 6.08 Å². The van der Waals surface area contributed by atoms with Gasteiger partial charge < -0.3 is 29.5 Å². The first-order chi connectivity index (χ1) is 11.3. The predicted molar refractivity (Wildman–Crippen MR) is 80.0 cm³/mol. The number of phenols is 1. The Labute approximate surface area is 136 Å². The van der Waals surface area contributed by atoms with Crippen molar-refractivity contribution in [2.24, 2.45) is 0 Å². The van der Waals surface area contributed by atoms with Gasteiger partial charge in [0.2, 0.25) is 11.9 Å². The van der Waals surface area contributed by atoms with Gasteiger partial charge in [-0.15, -0.1) is 0 Å². The fourth-order valence-electron chi connectivity index (χ4n) is 1.69. The van der Waals surface area contributed by atoms with Crippen LogP contribution in [0.2, 0.25) is 0 Å². The maximum Gasteiger partial charge on any atom is 0.345 e. The molecule has 9 heteroatoms. The summed E-state index contributed by atoms with van der Waals surface area (Å²) in [4.78, 5) is 33.0. The molecule has 0 saturated heterocycles. The average Bonchev–Trinajstić information content (AvgIpc) is 2.52. The normalized spacial score (nSPS) is 11.8. The highest BCUT2D eigenvalue weighted by Crippen LogP contribution is 2.37. The highest BCUT2D eigenvalue weighted by Gasteiger charge is 2.24. The second-order valence-corrected chi connectivity index (χ2v) is 4.47. The molecular formula is C15H16O9. The van der Waals surface area contributed by atoms with Crippen LogP contribution in [-0.2, 0) is 19.1 Å². The number of methoxy groups -OCH3 is 2. The quantitative estimate of drug-likeness (QED) is 0.465. The summed E-state index contributed by atoms with van der Waals surface area (Å²) in [6, 6.07) is 2.82. The highest BCUT2D eigenvalue weighted by atomic mass is 16.6. The number of carboxylic acids is 2. The van der Waals surface area contributed by atoms with Gasteiger partial charge in [0, 0.05) is 6.08 Å². The number of ether oxygens (including phenoxy) is 3. The van der Waals surface area contributed by atoms with E-state index in [9.17, 15) is 19.5 Å². The Bertz CT molecular complexity index is 638. The summed E-state index contributed by atoms with van der Waals surface area (Å²) < 4.78 is 14.5. The maximum atomic E-state index is 11.6. The van der Waals surface area contributed by atoms with E-state index in [1.54, 1.807) is 0 Å². The first kappa shape index (κ1) is 18.8. The zero-order valence-corrected chi connectivity index (χ0v) is 12.9. The molecule has 1 aromatic rings. The van der Waals surface area contributed by atoms with Crippen LogP contribution in [0.1, 0.15) is 12.0 Å². The van der Waals surface area contributed by atoms with Crippen LogP contribution in [0.5, 0.6) is 17.2 Å². The lowest BCUT2D eigenvalue weighted by atomic mass is 10.1. The van der Waals surface area contributed by atoms with Crippen molar-refractivity contribution in [1.82, 2.24) is 0 Å². The Kier molecular flexibility index (Phi) is 6.60. The molecular weight excluding hydrogens is 324 g/mol. The first-order valence-corrected chi connectivity index (χ1v) is 6.56. The number of benzene rings is 1. The molecule has 1 atom stereocenters. The maximum absolute atomic E-state index is 11.6. The summed E-state index contributed by atoms with van der Waals surface area (Å²) in [5.41, 5.74) is 0.406. The molecule has 3 N–H and O–H groups in total. The van der Waals surface area contributed by atoms with E-state index < -0.39 is 30.4 Å². The van der Waals surface area contributed by atoms with Gasteiger partial charge in [0.05, 0.1) is 20.6 Å². The number of esters is 1. The van der Waals surface area contributed by atoms with E-state index in [2.05, 4.69) is 4.74 Å². The number of aromatic hydroxyl groups is 1. The third kappa shape index (κ3) is 5.20. The third-order valence-corrected chi connectivity index (χ3v) is 2.81. The molecule has 0 heterocycles. The molecule has 1 unspecified atom stereocenters. The van der Waals surface area contributed by atoms with Crippen LogP contribution in [0.4, 0.5) is 0 Å². The summed E-state index contributed by atoms with van der Waals surface area (Å²) in [7, 11) is 2.67. The Morgan fingerprint density at radius 2 is 1.67 bits per heavy atom. The molecule has 130 valence electrons. The fraction of sp³-hybridized carbons (Fsp3) is 0.267. The lowest BCUT2D eigenvalue weighted by Gasteiger charge is -2.10. The zero-order chi connectivity index (χ0) is 18.3. The number of carbonyl (C=O) groups is 3. The summed E-state index contributed by atoms with van der Waals surface area (Å²) >= 11 is 0. The molecule has 9 nitrogen and oxygen atoms in total. The highest BCUT2D eigenvalue weighted by molar-refractivity contribution is 5.90. The lowest BCUT2D eigenvalue weighted by molar-refractivity contribution is -0.164. The Balaban J connectivity index is 2.90. The standard InChI is InChI=1S/C15H16O9/c1-22-9-5-8(6-10(23-2)14(9)19)3-4-13(18)24-11(15(20)21)7-12(16)17/h3-6,11,19H,7H2,1-2H3,(H,16,17)(H,20,21)/b4-3+. The van der Waals surface area contributed by atoms with Crippen molar-refractivity contribution in [3.05, 3.63) is 23.8 Å². The molecule has 0 aliphatic rings. The minimum Gasteiger partial charge on any atom is -0.502 e. The van der Waals surface area contributed by atoms with Gasteiger partial charge in [-0.1, -0.05) is 0 Å². The van der Waals surface area contributed by atoms with Crippen LogP contribution in [-0.4, -0.2) is 53.6 Å². The SMILES string of the molecule is COc1cc(/C=C/C(=O)OC(CC(=O)O)C(=O)O)cc(OC)c1O. The van der Waals surface area contributed by atoms with Gasteiger partial charge in [0.1, 0.15) is 0 Å². The number of phenolic OH excluding ortho intramolecular Hbond substituents is 1. The number of carbonyl (C=O) groups excluding carboxylic acids is 1. The number of carboxylic acid groups (broad SMARTS) is 2. The summed E-state index contributed by atoms with van der Waals surface area (Å²) in [6.45, 7) is 0. The van der Waals surface area contributed by atoms with Crippen LogP contribution in [0.3, 0.4) is 0 Å². The number of hydrogen-bond acceptors (Lipinski definition) is 7. The van der Waals surface area contributed by atoms with E-state index in [1.807, 2.05) is 0 Å². The number of rotatable bonds is 8.